The van der Waals surface area contributed by atoms with Gasteiger partial charge in [-0.3, -0.25) is 0 Å². The first-order chi connectivity index (χ1) is 23.6. The molecule has 0 aliphatic carbocycles. The Balaban J connectivity index is 1.30. The van der Waals surface area contributed by atoms with Crippen molar-refractivity contribution < 1.29 is 48.6 Å². The highest BCUT2D eigenvalue weighted by molar-refractivity contribution is 5.72. The van der Waals surface area contributed by atoms with Crippen molar-refractivity contribution in [2.24, 2.45) is 0 Å². The first kappa shape index (κ1) is 36.1. The number of ether oxygens (including phenoxy) is 1. The molecule has 50 heavy (non-hydrogen) atoms. The average Bonchev–Trinajstić information content (AvgIpc) is 3.04. The molecule has 0 bridgehead atoms. The van der Waals surface area contributed by atoms with E-state index in [9.17, 15) is 30.7 Å². The summed E-state index contributed by atoms with van der Waals surface area (Å²) in [6, 6.07) is 10.9. The van der Waals surface area contributed by atoms with E-state index in [1.165, 1.54) is 36.7 Å². The molecule has 1 aromatic heterocycles. The standard InChI is InChI=1S/C37H26F10N2O/c1-2-3-4-5-21-19-48-35(49-20-21)25-17-32(41)34(33(42)18-25)37(46,47)50-26-9-6-22(7-10-26)23-8-11-27(29(38)14-23)24-15-30(39)28(31(40)16-24)12-13-36(43,44)45/h6-20H,2-5H2,1H3/b13-12+. The second kappa shape index (κ2) is 14.7. The lowest BCUT2D eigenvalue weighted by Crippen LogP contribution is -2.25. The molecular formula is C37H26F10N2O. The van der Waals surface area contributed by atoms with Gasteiger partial charge in [-0.1, -0.05) is 44.0 Å². The third kappa shape index (κ3) is 8.50. The Morgan fingerprint density at radius 2 is 1.20 bits per heavy atom. The number of allylic oxidation sites excluding steroid dienone is 1. The maximum atomic E-state index is 15.1. The topological polar surface area (TPSA) is 35.0 Å². The minimum atomic E-state index is -4.80. The third-order valence-corrected chi connectivity index (χ3v) is 7.60. The molecule has 0 aliphatic rings. The van der Waals surface area contributed by atoms with Crippen LogP contribution < -0.4 is 4.74 Å². The van der Waals surface area contributed by atoms with Crippen molar-refractivity contribution in [3.63, 3.8) is 0 Å². The highest BCUT2D eigenvalue weighted by atomic mass is 19.4. The lowest BCUT2D eigenvalue weighted by molar-refractivity contribution is -0.189. The molecule has 0 unspecified atom stereocenters. The van der Waals surface area contributed by atoms with Gasteiger partial charge in [0.2, 0.25) is 0 Å². The highest BCUT2D eigenvalue weighted by Crippen LogP contribution is 2.38. The number of aryl methyl sites for hydroxylation is 1. The van der Waals surface area contributed by atoms with Crippen LogP contribution in [0, 0.1) is 29.1 Å². The van der Waals surface area contributed by atoms with Crippen molar-refractivity contribution in [3.05, 3.63) is 131 Å². The fraction of sp³-hybridized carbons (Fsp3) is 0.189. The van der Waals surface area contributed by atoms with E-state index in [1.807, 2.05) is 0 Å². The van der Waals surface area contributed by atoms with Crippen molar-refractivity contribution >= 4 is 6.08 Å². The number of hydrogen-bond acceptors (Lipinski definition) is 3. The van der Waals surface area contributed by atoms with Crippen LogP contribution in [0.2, 0.25) is 0 Å². The van der Waals surface area contributed by atoms with Gasteiger partial charge in [-0.2, -0.15) is 22.0 Å². The largest absolute Gasteiger partial charge is 0.432 e. The maximum Gasteiger partial charge on any atom is 0.432 e. The molecule has 0 amide bonds. The molecule has 0 aliphatic heterocycles. The molecule has 5 rings (SSSR count). The zero-order valence-corrected chi connectivity index (χ0v) is 26.1. The number of alkyl halides is 5. The summed E-state index contributed by atoms with van der Waals surface area (Å²) in [4.78, 5) is 8.20. The van der Waals surface area contributed by atoms with Gasteiger partial charge in [0.05, 0.1) is 0 Å². The first-order valence-electron chi connectivity index (χ1n) is 15.2. The summed E-state index contributed by atoms with van der Waals surface area (Å²) in [5.41, 5.74) is -1.95. The van der Waals surface area contributed by atoms with Gasteiger partial charge in [-0.15, -0.1) is 0 Å². The van der Waals surface area contributed by atoms with Crippen LogP contribution in [0.15, 0.2) is 85.2 Å². The number of unbranched alkanes of at least 4 members (excludes halogenated alkanes) is 2. The van der Waals surface area contributed by atoms with E-state index in [0.29, 0.717) is 24.3 Å². The summed E-state index contributed by atoms with van der Waals surface area (Å²) in [7, 11) is 0. The van der Waals surface area contributed by atoms with Gasteiger partial charge in [-0.05, 0) is 83.6 Å². The fourth-order valence-corrected chi connectivity index (χ4v) is 5.11. The van der Waals surface area contributed by atoms with E-state index >= 15 is 13.2 Å². The Morgan fingerprint density at radius 1 is 0.640 bits per heavy atom. The van der Waals surface area contributed by atoms with E-state index in [0.717, 1.165) is 49.4 Å². The van der Waals surface area contributed by atoms with Crippen LogP contribution in [-0.4, -0.2) is 16.1 Å². The summed E-state index contributed by atoms with van der Waals surface area (Å²) >= 11 is 0. The molecule has 1 heterocycles. The Morgan fingerprint density at radius 3 is 1.76 bits per heavy atom. The Hall–Kier alpha value is -5.20. The van der Waals surface area contributed by atoms with Crippen molar-refractivity contribution in [3.8, 4) is 39.4 Å². The minimum absolute atomic E-state index is 0.0487. The number of rotatable bonds is 11. The zero-order valence-electron chi connectivity index (χ0n) is 26.1. The predicted molar refractivity (Wildman–Crippen MR) is 167 cm³/mol. The smallest absolute Gasteiger partial charge is 0.429 e. The van der Waals surface area contributed by atoms with Crippen LogP contribution in [0.25, 0.3) is 39.7 Å². The van der Waals surface area contributed by atoms with E-state index < -0.39 is 58.2 Å². The van der Waals surface area contributed by atoms with Crippen molar-refractivity contribution in [2.45, 2.75) is 44.9 Å². The molecule has 0 spiro atoms. The first-order valence-corrected chi connectivity index (χ1v) is 15.2. The molecule has 4 aromatic carbocycles. The zero-order chi connectivity index (χ0) is 36.2. The van der Waals surface area contributed by atoms with E-state index in [4.69, 9.17) is 0 Å². The normalized spacial score (nSPS) is 12.1. The number of benzene rings is 4. The second-order valence-electron chi connectivity index (χ2n) is 11.3. The van der Waals surface area contributed by atoms with E-state index in [-0.39, 0.29) is 45.8 Å². The second-order valence-corrected chi connectivity index (χ2v) is 11.3. The van der Waals surface area contributed by atoms with Gasteiger partial charge in [0.1, 0.15) is 40.4 Å². The van der Waals surface area contributed by atoms with Gasteiger partial charge in [0.25, 0.3) is 0 Å². The molecule has 0 fully saturated rings. The number of hydrogen-bond donors (Lipinski definition) is 0. The number of nitrogens with zero attached hydrogens (tertiary/aromatic N) is 2. The Kier molecular flexibility index (Phi) is 10.6. The minimum Gasteiger partial charge on any atom is -0.429 e. The number of halogens is 10. The van der Waals surface area contributed by atoms with Crippen LogP contribution in [0.4, 0.5) is 43.9 Å². The van der Waals surface area contributed by atoms with Crippen LogP contribution in [0.3, 0.4) is 0 Å². The third-order valence-electron chi connectivity index (χ3n) is 7.60. The monoisotopic (exact) mass is 704 g/mol. The van der Waals surface area contributed by atoms with Crippen LogP contribution in [-0.2, 0) is 12.5 Å². The quantitative estimate of drug-likeness (QED) is 0.101. The average molecular weight is 705 g/mol. The Bertz CT molecular complexity index is 1960. The maximum absolute atomic E-state index is 15.1. The van der Waals surface area contributed by atoms with Crippen LogP contribution in [0.5, 0.6) is 5.75 Å². The van der Waals surface area contributed by atoms with Gasteiger partial charge in [-0.25, -0.2) is 31.9 Å². The molecule has 13 heteroatoms. The molecule has 0 saturated carbocycles. The molecule has 260 valence electrons. The SMILES string of the molecule is CCCCCc1cnc(-c2cc(F)c(C(F)(F)Oc3ccc(-c4ccc(-c5cc(F)c(/C=C/C(F)(F)F)c(F)c5)c(F)c4)cc3)c(F)c2)nc1. The van der Waals surface area contributed by atoms with Gasteiger partial charge < -0.3 is 4.74 Å². The fourth-order valence-electron chi connectivity index (χ4n) is 5.11. The molecule has 0 atom stereocenters. The lowest BCUT2D eigenvalue weighted by atomic mass is 9.98. The number of aromatic nitrogens is 2. The summed E-state index contributed by atoms with van der Waals surface area (Å²) in [5, 5.41) is 0. The van der Waals surface area contributed by atoms with Crippen molar-refractivity contribution in [2.75, 3.05) is 0 Å². The summed E-state index contributed by atoms with van der Waals surface area (Å²) in [6.45, 7) is 2.06. The molecule has 0 radical (unpaired) electrons. The summed E-state index contributed by atoms with van der Waals surface area (Å²) in [6.07, 6.45) is -2.65. The summed E-state index contributed by atoms with van der Waals surface area (Å²) in [5.74, 6) is -7.33. The van der Waals surface area contributed by atoms with Crippen molar-refractivity contribution in [1.29, 1.82) is 0 Å². The molecular weight excluding hydrogens is 678 g/mol. The predicted octanol–water partition coefficient (Wildman–Crippen LogP) is 11.6. The molecule has 3 nitrogen and oxygen atoms in total. The van der Waals surface area contributed by atoms with Crippen LogP contribution in [0.1, 0.15) is 42.9 Å². The lowest BCUT2D eigenvalue weighted by Gasteiger charge is -2.20. The van der Waals surface area contributed by atoms with Crippen molar-refractivity contribution in [1.82, 2.24) is 9.97 Å². The van der Waals surface area contributed by atoms with Gasteiger partial charge in [0.15, 0.2) is 5.82 Å². The van der Waals surface area contributed by atoms with Gasteiger partial charge >= 0.3 is 12.3 Å². The molecule has 5 aromatic rings. The molecule has 0 N–H and O–H groups in total. The van der Waals surface area contributed by atoms with E-state index in [1.54, 1.807) is 0 Å². The summed E-state index contributed by atoms with van der Waals surface area (Å²) < 4.78 is 146. The van der Waals surface area contributed by atoms with Crippen LogP contribution >= 0.6 is 0 Å². The molecule has 0 saturated heterocycles. The highest BCUT2D eigenvalue weighted by Gasteiger charge is 2.41. The van der Waals surface area contributed by atoms with Gasteiger partial charge in [0, 0.05) is 35.2 Å². The van der Waals surface area contributed by atoms with E-state index in [2.05, 4.69) is 21.6 Å². The Labute approximate surface area is 279 Å².